The van der Waals surface area contributed by atoms with E-state index in [0.717, 1.165) is 5.54 Å². The van der Waals surface area contributed by atoms with Crippen LogP contribution in [-0.4, -0.2) is 12.6 Å². The zero-order valence-corrected chi connectivity index (χ0v) is 27.0. The van der Waals surface area contributed by atoms with Gasteiger partial charge in [0.05, 0.1) is 8.07 Å². The molecular formula is C32H32Cl2NSiZr. The number of nitrogens with zero attached hydrogens (tertiary/aromatic N) is 1. The van der Waals surface area contributed by atoms with Crippen molar-refractivity contribution in [3.8, 4) is 5.69 Å². The van der Waals surface area contributed by atoms with Crippen molar-refractivity contribution in [3.05, 3.63) is 113 Å². The second-order valence-corrected chi connectivity index (χ2v) is 17.0. The van der Waals surface area contributed by atoms with Crippen molar-refractivity contribution in [1.29, 1.82) is 0 Å². The van der Waals surface area contributed by atoms with Gasteiger partial charge in [0, 0.05) is 23.1 Å². The fourth-order valence-electron chi connectivity index (χ4n) is 6.78. The third-order valence-corrected chi connectivity index (χ3v) is 14.0. The standard InChI is InChI=1S/C16H17NSi.C16H15.2ClH.Zr/c1-11-15-13-9-10-17(12-7-5-4-6-8-12)14(13)16(11)18(15,2)3;1-11(2)14-9-13-8-7-12-5-3-4-6-15(12)16(13)10-14;;;/h4-10,15H,1-3H3;3-11H,1-2H3;2*1H;/q;;;;+2/p-2. The van der Waals surface area contributed by atoms with E-state index in [1.54, 1.807) is 46.6 Å². The van der Waals surface area contributed by atoms with Gasteiger partial charge in [0.25, 0.3) is 0 Å². The third-order valence-electron chi connectivity index (χ3n) is 8.32. The van der Waals surface area contributed by atoms with Crippen LogP contribution >= 0.6 is 0 Å². The molecule has 2 aliphatic heterocycles. The zero-order chi connectivity index (χ0) is 24.5. The van der Waals surface area contributed by atoms with Crippen molar-refractivity contribution in [2.45, 2.75) is 43.0 Å². The first-order chi connectivity index (χ1) is 16.8. The zero-order valence-electron chi connectivity index (χ0n) is 22.0. The quantitative estimate of drug-likeness (QED) is 0.304. The van der Waals surface area contributed by atoms with Crippen molar-refractivity contribution in [2.24, 2.45) is 5.92 Å². The summed E-state index contributed by atoms with van der Waals surface area (Å²) in [6.45, 7) is 12.0. The molecule has 4 aliphatic rings. The van der Waals surface area contributed by atoms with Crippen LogP contribution in [-0.2, 0) is 24.7 Å². The monoisotopic (exact) mass is 618 g/mol. The van der Waals surface area contributed by atoms with Crippen LogP contribution in [0.2, 0.25) is 13.1 Å². The van der Waals surface area contributed by atoms with Gasteiger partial charge < -0.3 is 29.4 Å². The summed E-state index contributed by atoms with van der Waals surface area (Å²) < 4.78 is 3.05. The third kappa shape index (κ3) is 4.31. The molecule has 2 unspecified atom stereocenters. The Morgan fingerprint density at radius 2 is 1.51 bits per heavy atom. The molecule has 5 heteroatoms. The fraction of sp³-hybridized carbons (Fsp3) is 0.250. The molecule has 0 N–H and O–H groups in total. The van der Waals surface area contributed by atoms with Crippen molar-refractivity contribution >= 4 is 30.1 Å². The molecule has 0 spiro atoms. The van der Waals surface area contributed by atoms with E-state index in [1.807, 2.05) is 0 Å². The van der Waals surface area contributed by atoms with Gasteiger partial charge in [-0.3, -0.25) is 0 Å². The topological polar surface area (TPSA) is 4.93 Å². The van der Waals surface area contributed by atoms with Gasteiger partial charge in [-0.15, -0.1) is 0 Å². The average molecular weight is 621 g/mol. The molecule has 0 saturated carbocycles. The summed E-state index contributed by atoms with van der Waals surface area (Å²) >= 11 is 1.61. The van der Waals surface area contributed by atoms with E-state index < -0.39 is 8.07 Å². The molecule has 0 saturated heterocycles. The number of hydrogen-bond acceptors (Lipinski definition) is 0. The van der Waals surface area contributed by atoms with Gasteiger partial charge in [-0.25, -0.2) is 0 Å². The SMILES string of the molecule is CC(C)C1=Cc2c(ccc3ccccc23)[CH]1[Zr+2].CC1=C2c3c(ccn3-c3ccccc3)C1[Si]2(C)C.[Cl-].[Cl-]. The van der Waals surface area contributed by atoms with Crippen molar-refractivity contribution < 1.29 is 49.5 Å². The van der Waals surface area contributed by atoms with Crippen LogP contribution in [0.1, 0.15) is 52.3 Å². The van der Waals surface area contributed by atoms with Crippen LogP contribution < -0.4 is 24.8 Å². The minimum Gasteiger partial charge on any atom is -1.00 e. The summed E-state index contributed by atoms with van der Waals surface area (Å²) in [5, 5.41) is 4.47. The van der Waals surface area contributed by atoms with Crippen LogP contribution in [0, 0.1) is 5.92 Å². The number of hydrogen-bond donors (Lipinski definition) is 0. The van der Waals surface area contributed by atoms with E-state index in [0.29, 0.717) is 9.54 Å². The molecule has 2 atom stereocenters. The van der Waals surface area contributed by atoms with Gasteiger partial charge >= 0.3 is 118 Å². The number of para-hydroxylation sites is 1. The summed E-state index contributed by atoms with van der Waals surface area (Å²) in [4.78, 5) is 0. The second kappa shape index (κ2) is 10.5. The molecule has 3 aromatic carbocycles. The summed E-state index contributed by atoms with van der Waals surface area (Å²) in [5.74, 6) is 0.658. The average Bonchev–Trinajstić information content (AvgIpc) is 3.55. The number of halogens is 2. The van der Waals surface area contributed by atoms with E-state index in [4.69, 9.17) is 0 Å². The van der Waals surface area contributed by atoms with E-state index in [1.165, 1.54) is 33.3 Å². The maximum atomic E-state index is 2.51. The van der Waals surface area contributed by atoms with Crippen LogP contribution in [0.5, 0.6) is 0 Å². The Kier molecular flexibility index (Phi) is 8.05. The Morgan fingerprint density at radius 3 is 2.19 bits per heavy atom. The van der Waals surface area contributed by atoms with Crippen LogP contribution in [0.25, 0.3) is 27.7 Å². The second-order valence-electron chi connectivity index (χ2n) is 11.1. The van der Waals surface area contributed by atoms with Gasteiger partial charge in [-0.2, -0.15) is 0 Å². The van der Waals surface area contributed by atoms with Gasteiger partial charge in [-0.05, 0) is 35.9 Å². The molecule has 8 rings (SSSR count). The Morgan fingerprint density at radius 1 is 0.838 bits per heavy atom. The van der Waals surface area contributed by atoms with Crippen molar-refractivity contribution in [1.82, 2.24) is 4.57 Å². The van der Waals surface area contributed by atoms with E-state index in [-0.39, 0.29) is 24.8 Å². The summed E-state index contributed by atoms with van der Waals surface area (Å²) in [7, 11) is -1.17. The Bertz CT molecular complexity index is 1530. The molecule has 0 radical (unpaired) electrons. The fourth-order valence-corrected chi connectivity index (χ4v) is 12.8. The first kappa shape index (κ1) is 28.4. The van der Waals surface area contributed by atoms with Gasteiger partial charge in [0.1, 0.15) is 0 Å². The molecule has 0 fully saturated rings. The summed E-state index contributed by atoms with van der Waals surface area (Å²) in [6, 6.07) is 26.3. The summed E-state index contributed by atoms with van der Waals surface area (Å²) in [6.07, 6.45) is 4.67. The largest absolute Gasteiger partial charge is 1.00 e. The molecule has 187 valence electrons. The van der Waals surface area contributed by atoms with Crippen LogP contribution in [0.4, 0.5) is 0 Å². The van der Waals surface area contributed by atoms with E-state index in [2.05, 4.69) is 124 Å². The number of rotatable bonds is 2. The molecule has 2 aliphatic carbocycles. The van der Waals surface area contributed by atoms with Crippen LogP contribution in [0.3, 0.4) is 0 Å². The Hall–Kier alpha value is -1.64. The van der Waals surface area contributed by atoms with Crippen molar-refractivity contribution in [2.75, 3.05) is 0 Å². The van der Waals surface area contributed by atoms with E-state index in [9.17, 15) is 0 Å². The molecule has 3 heterocycles. The predicted molar refractivity (Wildman–Crippen MR) is 148 cm³/mol. The summed E-state index contributed by atoms with van der Waals surface area (Å²) in [5.41, 5.74) is 11.4. The minimum atomic E-state index is -1.17. The maximum Gasteiger partial charge on any atom is 0.0950 e. The first-order valence-electron chi connectivity index (χ1n) is 12.7. The van der Waals surface area contributed by atoms with Gasteiger partial charge in [0.15, 0.2) is 0 Å². The molecule has 2 bridgehead atoms. The molecule has 0 amide bonds. The molecule has 37 heavy (non-hydrogen) atoms. The Balaban J connectivity index is 0.000000164. The molecular weight excluding hydrogens is 589 g/mol. The van der Waals surface area contributed by atoms with Gasteiger partial charge in [0.2, 0.25) is 0 Å². The molecule has 1 nitrogen and oxygen atoms in total. The normalized spacial score (nSPS) is 19.7. The van der Waals surface area contributed by atoms with Crippen molar-refractivity contribution in [3.63, 3.8) is 0 Å². The maximum absolute atomic E-state index is 2.51. The number of fused-ring (bicyclic) bond motifs is 3. The Labute approximate surface area is 249 Å². The number of benzene rings is 3. The van der Waals surface area contributed by atoms with E-state index >= 15 is 0 Å². The number of aromatic nitrogens is 1. The predicted octanol–water partition coefficient (Wildman–Crippen LogP) is 2.64. The first-order valence-corrected chi connectivity index (χ1v) is 17.2. The molecule has 1 aromatic heterocycles. The number of allylic oxidation sites excluding steroid dienone is 2. The smallest absolute Gasteiger partial charge is 0.0950 e. The molecule has 4 aromatic rings. The van der Waals surface area contributed by atoms with Crippen LogP contribution in [0.15, 0.2) is 90.1 Å². The minimum absolute atomic E-state index is 0. The van der Waals surface area contributed by atoms with Gasteiger partial charge in [-0.1, -0.05) is 36.9 Å².